The van der Waals surface area contributed by atoms with Crippen molar-refractivity contribution in [1.29, 1.82) is 0 Å². The molecule has 0 atom stereocenters. The minimum atomic E-state index is -4.28. The number of aryl methyl sites for hydroxylation is 6. The van der Waals surface area contributed by atoms with E-state index < -0.39 is 71.4 Å². The fourth-order valence-electron chi connectivity index (χ4n) is 14.3. The first kappa shape index (κ1) is 60.3. The molecule has 9 aliphatic rings. The molecule has 474 valence electrons. The van der Waals surface area contributed by atoms with E-state index in [0.717, 1.165) is 185 Å². The van der Waals surface area contributed by atoms with Gasteiger partial charge in [-0.05, 0) is 196 Å². The van der Waals surface area contributed by atoms with E-state index in [4.69, 9.17) is 0 Å². The average molecular weight is 1290 g/mol. The Morgan fingerprint density at radius 1 is 0.456 bits per heavy atom. The number of hydrogen-bond acceptors (Lipinski definition) is 15. The van der Waals surface area contributed by atoms with Gasteiger partial charge in [0.15, 0.2) is 0 Å². The predicted molar refractivity (Wildman–Crippen MR) is 327 cm³/mol. The monoisotopic (exact) mass is 1290 g/mol. The number of carbonyl (C=O) groups is 6. The van der Waals surface area contributed by atoms with Crippen LogP contribution in [-0.2, 0) is 127 Å². The molecule has 30 heteroatoms. The molecule has 3 aliphatic heterocycles. The molecule has 0 fully saturated rings. The van der Waals surface area contributed by atoms with Gasteiger partial charge >= 0.3 is 18.1 Å². The number of likely N-dealkylation sites (N-methyl/N-ethyl adjacent to an activating group) is 1. The average Bonchev–Trinajstić information content (AvgIpc) is 3.06. The Bertz CT molecular complexity index is 4350. The molecule has 6 aromatic rings. The van der Waals surface area contributed by atoms with Crippen molar-refractivity contribution in [3.05, 3.63) is 121 Å². The van der Waals surface area contributed by atoms with Gasteiger partial charge in [0, 0.05) is 37.2 Å². The second-order valence-corrected chi connectivity index (χ2v) is 29.8. The van der Waals surface area contributed by atoms with Crippen molar-refractivity contribution in [3.63, 3.8) is 0 Å². The first-order valence-corrected chi connectivity index (χ1v) is 34.9. The summed E-state index contributed by atoms with van der Waals surface area (Å²) in [5, 5.41) is 25.8. The van der Waals surface area contributed by atoms with Gasteiger partial charge in [-0.3, -0.25) is 28.4 Å². The lowest BCUT2D eigenvalue weighted by atomic mass is 9.99. The Kier molecular flexibility index (Phi) is 15.4. The third-order valence-corrected chi connectivity index (χ3v) is 22.3. The van der Waals surface area contributed by atoms with Gasteiger partial charge in [0.25, 0.3) is 47.8 Å². The standard InChI is InChI=1S/C21H25N5O4S.C20H23N5O4S.C19H21N5O4S/c1-21(2)11-26-18(19(27)24-21)16(10-22-26)31(29,30)25-20(28)23-17-14-7-3-5-12(14)9-13-6-4-8-15(13)17;1-24-8-9-25-18(19(24)26)16(11-21-25)30(28,29)23-20(27)22-17-14-6-2-4-12(14)10-13-5-3-7-15(13)17;25-18-17-15(10-21-24(17)8-7-20-18)29(27,28)23-19(26)22-16-13-5-1-3-11(13)9-12-4-2-6-14(12)16/h9-10H,3-8,11H2,1-2H3,(H,24,27)(H2,23,25,28);10-11H,2-9H2,1H3,(H2,22,23,27);9-10H,1-8H2,(H,20,25)(H2,22,23,26). The lowest BCUT2D eigenvalue weighted by Crippen LogP contribution is -2.52. The number of rotatable bonds is 9. The number of sulfonamides is 3. The van der Waals surface area contributed by atoms with Crippen LogP contribution in [0.1, 0.15) is 151 Å². The number of anilines is 3. The van der Waals surface area contributed by atoms with Gasteiger partial charge in [-0.1, -0.05) is 18.2 Å². The van der Waals surface area contributed by atoms with E-state index >= 15 is 0 Å². The number of nitrogens with zero attached hydrogens (tertiary/aromatic N) is 7. The molecule has 15 rings (SSSR count). The maximum absolute atomic E-state index is 12.9. The summed E-state index contributed by atoms with van der Waals surface area (Å²) >= 11 is 0. The van der Waals surface area contributed by atoms with Crippen molar-refractivity contribution >= 4 is 82.9 Å². The number of fused-ring (bicyclic) bond motifs is 9. The van der Waals surface area contributed by atoms with Crippen LogP contribution in [0, 0.1) is 0 Å². The van der Waals surface area contributed by atoms with Crippen LogP contribution in [0.25, 0.3) is 0 Å². The van der Waals surface area contributed by atoms with Crippen molar-refractivity contribution < 1.29 is 54.0 Å². The molecular weight excluding hydrogens is 1220 g/mol. The number of nitrogens with one attached hydrogen (secondary N) is 8. The number of urea groups is 3. The molecule has 3 aromatic carbocycles. The van der Waals surface area contributed by atoms with Gasteiger partial charge < -0.3 is 31.5 Å². The third-order valence-electron chi connectivity index (χ3n) is 18.3. The zero-order chi connectivity index (χ0) is 63.2. The molecule has 9 amide bonds. The Morgan fingerprint density at radius 2 is 0.789 bits per heavy atom. The molecule has 0 unspecified atom stereocenters. The van der Waals surface area contributed by atoms with Crippen LogP contribution < -0.4 is 40.8 Å². The first-order valence-electron chi connectivity index (χ1n) is 30.5. The Hall–Kier alpha value is -8.64. The second-order valence-electron chi connectivity index (χ2n) is 24.9. The normalized spacial score (nSPS) is 17.9. The van der Waals surface area contributed by atoms with E-state index in [-0.39, 0.29) is 31.8 Å². The fourth-order valence-corrected chi connectivity index (χ4v) is 17.5. The van der Waals surface area contributed by atoms with Crippen molar-refractivity contribution in [2.75, 3.05) is 36.1 Å². The smallest absolute Gasteiger partial charge is 0.333 e. The van der Waals surface area contributed by atoms with Gasteiger partial charge in [0.05, 0.1) is 43.8 Å². The maximum atomic E-state index is 12.9. The molecule has 3 aromatic heterocycles. The summed E-state index contributed by atoms with van der Waals surface area (Å²) in [7, 11) is -11.2. The summed E-state index contributed by atoms with van der Waals surface area (Å²) in [6, 6.07) is 4.25. The molecule has 0 bridgehead atoms. The zero-order valence-corrected chi connectivity index (χ0v) is 52.4. The van der Waals surface area contributed by atoms with E-state index in [0.29, 0.717) is 32.7 Å². The minimum absolute atomic E-state index is 0.0226. The molecule has 0 spiro atoms. The fraction of sp³-hybridized carbons (Fsp3) is 0.450. The summed E-state index contributed by atoms with van der Waals surface area (Å²) < 4.78 is 87.5. The number of hydrogen-bond donors (Lipinski definition) is 8. The molecule has 27 nitrogen and oxygen atoms in total. The number of aromatic nitrogens is 6. The van der Waals surface area contributed by atoms with E-state index in [1.54, 1.807) is 7.05 Å². The molecule has 0 saturated carbocycles. The lowest BCUT2D eigenvalue weighted by molar-refractivity contribution is 0.0737. The summed E-state index contributed by atoms with van der Waals surface area (Å²) in [5.74, 6) is -1.49. The molecular formula is C60H69N15O12S3. The predicted octanol–water partition coefficient (Wildman–Crippen LogP) is 4.46. The topological polar surface area (TPSA) is 358 Å². The highest BCUT2D eigenvalue weighted by atomic mass is 32.2. The van der Waals surface area contributed by atoms with E-state index in [1.807, 2.05) is 18.6 Å². The van der Waals surface area contributed by atoms with Crippen molar-refractivity contribution in [2.24, 2.45) is 0 Å². The largest absolute Gasteiger partial charge is 0.349 e. The van der Waals surface area contributed by atoms with Gasteiger partial charge in [-0.15, -0.1) is 0 Å². The van der Waals surface area contributed by atoms with Gasteiger partial charge in [-0.25, -0.2) is 53.8 Å². The van der Waals surface area contributed by atoms with Crippen LogP contribution in [0.15, 0.2) is 51.5 Å². The molecule has 6 aliphatic carbocycles. The van der Waals surface area contributed by atoms with Crippen LogP contribution in [0.3, 0.4) is 0 Å². The van der Waals surface area contributed by atoms with Crippen LogP contribution in [0.4, 0.5) is 31.4 Å². The van der Waals surface area contributed by atoms with Crippen LogP contribution in [0.5, 0.6) is 0 Å². The summed E-state index contributed by atoms with van der Waals surface area (Å²) in [6.07, 6.45) is 20.7. The van der Waals surface area contributed by atoms with Gasteiger partial charge in [-0.2, -0.15) is 15.3 Å². The van der Waals surface area contributed by atoms with Crippen molar-refractivity contribution in [2.45, 2.75) is 169 Å². The Morgan fingerprint density at radius 3 is 1.17 bits per heavy atom. The first-order chi connectivity index (χ1) is 42.9. The van der Waals surface area contributed by atoms with Crippen LogP contribution in [-0.4, -0.2) is 121 Å². The molecule has 0 radical (unpaired) electrons. The summed E-state index contributed by atoms with van der Waals surface area (Å²) in [5.41, 5.74) is 15.7. The minimum Gasteiger partial charge on any atom is -0.349 e. The molecule has 90 heavy (non-hydrogen) atoms. The molecule has 6 heterocycles. The third kappa shape index (κ3) is 11.2. The number of carbonyl (C=O) groups excluding carboxylic acids is 6. The van der Waals surface area contributed by atoms with E-state index in [9.17, 15) is 54.0 Å². The van der Waals surface area contributed by atoms with Gasteiger partial charge in [0.2, 0.25) is 0 Å². The maximum Gasteiger partial charge on any atom is 0.333 e. The SMILES string of the molecule is CC1(C)Cn2ncc(S(=O)(=O)NC(=O)Nc3c4c(cc5c3CCC5)CCC4)c2C(=O)N1.CN1CCn2ncc(S(=O)(=O)NC(=O)Nc3c4c(cc5c3CCC5)CCC4)c2C1=O.O=C(Nc1c2c(cc3c1CCC3)CCC2)NS(=O)(=O)c1cnn2c1C(=O)NCC2. The van der Waals surface area contributed by atoms with Gasteiger partial charge in [0.1, 0.15) is 31.8 Å². The van der Waals surface area contributed by atoms with Crippen molar-refractivity contribution in [1.82, 2.24) is 59.0 Å². The molecule has 8 N–H and O–H groups in total. The Balaban J connectivity index is 0.000000124. The lowest BCUT2D eigenvalue weighted by Gasteiger charge is -2.31. The van der Waals surface area contributed by atoms with E-state index in [2.05, 4.69) is 69.5 Å². The summed E-state index contributed by atoms with van der Waals surface area (Å²) in [6.45, 7) is 5.60. The molecule has 0 saturated heterocycles. The highest BCUT2D eigenvalue weighted by molar-refractivity contribution is 7.90. The second kappa shape index (κ2) is 23.0. The summed E-state index contributed by atoms with van der Waals surface area (Å²) in [4.78, 5) is 75.7. The highest BCUT2D eigenvalue weighted by Gasteiger charge is 2.39. The highest BCUT2D eigenvalue weighted by Crippen LogP contribution is 2.42. The van der Waals surface area contributed by atoms with Crippen molar-refractivity contribution in [3.8, 4) is 0 Å². The zero-order valence-electron chi connectivity index (χ0n) is 50.0. The quantitative estimate of drug-likeness (QED) is 0.0990. The Labute approximate surface area is 519 Å². The van der Waals surface area contributed by atoms with Crippen LogP contribution >= 0.6 is 0 Å². The number of benzene rings is 3. The van der Waals surface area contributed by atoms with Crippen LogP contribution in [0.2, 0.25) is 0 Å². The number of amides is 9. The van der Waals surface area contributed by atoms with E-state index in [1.165, 1.54) is 52.3 Å².